The summed E-state index contributed by atoms with van der Waals surface area (Å²) < 4.78 is 12.9. The van der Waals surface area contributed by atoms with Crippen molar-refractivity contribution in [3.05, 3.63) is 35.6 Å². The Hall–Kier alpha value is -1.56. The molecule has 1 aliphatic heterocycles. The molecule has 2 aliphatic rings. The van der Waals surface area contributed by atoms with Gasteiger partial charge >= 0.3 is 5.97 Å². The molecule has 1 aromatic carbocycles. The number of carboxylic acid groups (broad SMARTS) is 1. The second-order valence-electron chi connectivity index (χ2n) is 5.13. The van der Waals surface area contributed by atoms with E-state index in [1.165, 1.54) is 40.9 Å². The number of hydrogen-bond donors (Lipinski definition) is 1. The second kappa shape index (κ2) is 5.09. The molecule has 2 fully saturated rings. The molecule has 1 N–H and O–H groups in total. The molecule has 2 atom stereocenters. The standard InChI is InChI=1S/C14H14FNO3S/c15-10-5-3-8(4-6-10)12(17)16-11(14(18)19)7-20-13(16)9-1-2-9/h3-6,9,11,13H,1-2,7H2,(H,18,19). The molecule has 2 unspecified atom stereocenters. The molecule has 0 aromatic heterocycles. The molecule has 1 saturated heterocycles. The van der Waals surface area contributed by atoms with Crippen LogP contribution in [0.5, 0.6) is 0 Å². The van der Waals surface area contributed by atoms with E-state index < -0.39 is 17.8 Å². The van der Waals surface area contributed by atoms with Crippen molar-refractivity contribution in [2.24, 2.45) is 5.92 Å². The van der Waals surface area contributed by atoms with E-state index in [1.54, 1.807) is 0 Å². The predicted molar refractivity (Wildman–Crippen MR) is 73.0 cm³/mol. The number of carbonyl (C=O) groups is 2. The highest BCUT2D eigenvalue weighted by Crippen LogP contribution is 2.45. The largest absolute Gasteiger partial charge is 0.480 e. The van der Waals surface area contributed by atoms with Crippen molar-refractivity contribution < 1.29 is 19.1 Å². The summed E-state index contributed by atoms with van der Waals surface area (Å²) in [5.74, 6) is -0.890. The summed E-state index contributed by atoms with van der Waals surface area (Å²) in [5, 5.41) is 9.21. The fourth-order valence-electron chi connectivity index (χ4n) is 2.46. The Balaban J connectivity index is 1.88. The van der Waals surface area contributed by atoms with Crippen molar-refractivity contribution in [1.82, 2.24) is 4.90 Å². The zero-order valence-corrected chi connectivity index (χ0v) is 11.5. The van der Waals surface area contributed by atoms with Crippen LogP contribution in [0.1, 0.15) is 23.2 Å². The Labute approximate surface area is 120 Å². The molecule has 1 saturated carbocycles. The quantitative estimate of drug-likeness (QED) is 0.929. The molecule has 1 heterocycles. The number of hydrogen-bond acceptors (Lipinski definition) is 3. The summed E-state index contributed by atoms with van der Waals surface area (Å²) in [4.78, 5) is 25.3. The van der Waals surface area contributed by atoms with Crippen LogP contribution in [-0.4, -0.2) is 39.1 Å². The van der Waals surface area contributed by atoms with Gasteiger partial charge in [-0.25, -0.2) is 9.18 Å². The van der Waals surface area contributed by atoms with Crippen molar-refractivity contribution >= 4 is 23.6 Å². The van der Waals surface area contributed by atoms with Crippen LogP contribution in [0.4, 0.5) is 4.39 Å². The van der Waals surface area contributed by atoms with Crippen molar-refractivity contribution in [3.8, 4) is 0 Å². The van der Waals surface area contributed by atoms with Crippen LogP contribution in [0.15, 0.2) is 24.3 Å². The predicted octanol–water partition coefficient (Wildman–Crippen LogP) is 2.20. The average Bonchev–Trinajstić information content (AvgIpc) is 3.17. The van der Waals surface area contributed by atoms with E-state index in [2.05, 4.69) is 0 Å². The van der Waals surface area contributed by atoms with Crippen molar-refractivity contribution in [2.75, 3.05) is 5.75 Å². The number of halogens is 1. The van der Waals surface area contributed by atoms with Crippen molar-refractivity contribution in [2.45, 2.75) is 24.3 Å². The van der Waals surface area contributed by atoms with Gasteiger partial charge in [0.25, 0.3) is 5.91 Å². The molecule has 6 heteroatoms. The first-order valence-corrected chi connectivity index (χ1v) is 7.55. The number of benzene rings is 1. The van der Waals surface area contributed by atoms with E-state index in [0.717, 1.165) is 12.8 Å². The van der Waals surface area contributed by atoms with E-state index in [4.69, 9.17) is 0 Å². The molecule has 20 heavy (non-hydrogen) atoms. The molecule has 1 amide bonds. The number of thioether (sulfide) groups is 1. The lowest BCUT2D eigenvalue weighted by Crippen LogP contribution is -2.46. The SMILES string of the molecule is O=C(O)C1CSC(C2CC2)N1C(=O)c1ccc(F)cc1. The van der Waals surface area contributed by atoms with Gasteiger partial charge < -0.3 is 10.0 Å². The summed E-state index contributed by atoms with van der Waals surface area (Å²) >= 11 is 1.53. The first-order valence-electron chi connectivity index (χ1n) is 6.50. The van der Waals surface area contributed by atoms with Gasteiger partial charge in [0.1, 0.15) is 11.9 Å². The molecule has 1 aromatic rings. The zero-order chi connectivity index (χ0) is 14.3. The monoisotopic (exact) mass is 295 g/mol. The Morgan fingerprint density at radius 3 is 2.45 bits per heavy atom. The lowest BCUT2D eigenvalue weighted by Gasteiger charge is -2.27. The van der Waals surface area contributed by atoms with Crippen LogP contribution in [0.3, 0.4) is 0 Å². The van der Waals surface area contributed by atoms with Crippen LogP contribution in [0, 0.1) is 11.7 Å². The number of carbonyl (C=O) groups excluding carboxylic acids is 1. The van der Waals surface area contributed by atoms with Gasteiger partial charge in [0.2, 0.25) is 0 Å². The van der Waals surface area contributed by atoms with Gasteiger partial charge in [-0.15, -0.1) is 11.8 Å². The van der Waals surface area contributed by atoms with E-state index in [1.807, 2.05) is 0 Å². The number of nitrogens with zero attached hydrogens (tertiary/aromatic N) is 1. The van der Waals surface area contributed by atoms with Gasteiger partial charge in [-0.2, -0.15) is 0 Å². The maximum Gasteiger partial charge on any atom is 0.327 e. The molecule has 0 bridgehead atoms. The van der Waals surface area contributed by atoms with E-state index >= 15 is 0 Å². The fraction of sp³-hybridized carbons (Fsp3) is 0.429. The average molecular weight is 295 g/mol. The molecule has 3 rings (SSSR count). The summed E-state index contributed by atoms with van der Waals surface area (Å²) in [6, 6.07) is 4.46. The lowest BCUT2D eigenvalue weighted by molar-refractivity contribution is -0.141. The third-order valence-corrected chi connectivity index (χ3v) is 5.13. The van der Waals surface area contributed by atoms with Gasteiger partial charge in [0.15, 0.2) is 0 Å². The fourth-order valence-corrected chi connectivity index (χ4v) is 4.09. The van der Waals surface area contributed by atoms with Gasteiger partial charge in [0, 0.05) is 11.3 Å². The first kappa shape index (κ1) is 13.4. The number of rotatable bonds is 3. The topological polar surface area (TPSA) is 57.6 Å². The third-order valence-electron chi connectivity index (χ3n) is 3.67. The molecule has 0 radical (unpaired) electrons. The van der Waals surface area contributed by atoms with Gasteiger partial charge in [-0.1, -0.05) is 0 Å². The van der Waals surface area contributed by atoms with E-state index in [0.29, 0.717) is 17.2 Å². The molecule has 1 aliphatic carbocycles. The second-order valence-corrected chi connectivity index (χ2v) is 6.28. The van der Waals surface area contributed by atoms with Crippen LogP contribution in [0.2, 0.25) is 0 Å². The summed E-state index contributed by atoms with van der Waals surface area (Å²) in [5.41, 5.74) is 0.339. The Morgan fingerprint density at radius 1 is 1.25 bits per heavy atom. The smallest absolute Gasteiger partial charge is 0.327 e. The van der Waals surface area contributed by atoms with Crippen molar-refractivity contribution in [1.29, 1.82) is 0 Å². The minimum absolute atomic E-state index is 0.0614. The summed E-state index contributed by atoms with van der Waals surface area (Å²) in [6.07, 6.45) is 2.08. The Morgan fingerprint density at radius 2 is 1.90 bits per heavy atom. The lowest BCUT2D eigenvalue weighted by atomic mass is 10.1. The van der Waals surface area contributed by atoms with E-state index in [9.17, 15) is 19.1 Å². The van der Waals surface area contributed by atoms with Gasteiger partial charge in [0.05, 0.1) is 5.37 Å². The summed E-state index contributed by atoms with van der Waals surface area (Å²) in [6.45, 7) is 0. The highest BCUT2D eigenvalue weighted by molar-refractivity contribution is 8.00. The third kappa shape index (κ3) is 2.40. The maximum absolute atomic E-state index is 12.9. The number of amides is 1. The number of carboxylic acids is 1. The highest BCUT2D eigenvalue weighted by atomic mass is 32.2. The minimum Gasteiger partial charge on any atom is -0.480 e. The van der Waals surface area contributed by atoms with Crippen LogP contribution in [0.25, 0.3) is 0 Å². The molecule has 4 nitrogen and oxygen atoms in total. The maximum atomic E-state index is 12.9. The van der Waals surface area contributed by atoms with Crippen LogP contribution < -0.4 is 0 Å². The van der Waals surface area contributed by atoms with Gasteiger partial charge in [-0.3, -0.25) is 4.79 Å². The Bertz CT molecular complexity index is 544. The van der Waals surface area contributed by atoms with Crippen LogP contribution >= 0.6 is 11.8 Å². The molecule has 106 valence electrons. The van der Waals surface area contributed by atoms with E-state index in [-0.39, 0.29) is 11.3 Å². The summed E-state index contributed by atoms with van der Waals surface area (Å²) in [7, 11) is 0. The normalized spacial score (nSPS) is 25.8. The van der Waals surface area contributed by atoms with Crippen molar-refractivity contribution in [3.63, 3.8) is 0 Å². The first-order chi connectivity index (χ1) is 9.58. The minimum atomic E-state index is -0.976. The molecule has 0 spiro atoms. The molecular weight excluding hydrogens is 281 g/mol. The highest BCUT2D eigenvalue weighted by Gasteiger charge is 2.48. The molecular formula is C14H14FNO3S. The number of aliphatic carboxylic acids is 1. The zero-order valence-electron chi connectivity index (χ0n) is 10.7. The van der Waals surface area contributed by atoms with Gasteiger partial charge in [-0.05, 0) is 43.0 Å². The van der Waals surface area contributed by atoms with Crippen LogP contribution in [-0.2, 0) is 4.79 Å². The Kier molecular flexibility index (Phi) is 3.41.